The van der Waals surface area contributed by atoms with Gasteiger partial charge >= 0.3 is 0 Å². The molecule has 0 bridgehead atoms. The maximum Gasteiger partial charge on any atom is 0.280 e. The molecule has 0 aliphatic carbocycles. The molecule has 2 amide bonds. The number of amides is 2. The number of carbonyl (C=O) groups excluding carboxylic acids is 2. The van der Waals surface area contributed by atoms with Crippen LogP contribution in [0.5, 0.6) is 0 Å². The summed E-state index contributed by atoms with van der Waals surface area (Å²) in [7, 11) is 1.61. The number of hydrogen-bond donors (Lipinski definition) is 5. The topological polar surface area (TPSA) is 170 Å². The number of piperazine rings is 2. The van der Waals surface area contributed by atoms with Crippen molar-refractivity contribution in [1.82, 2.24) is 35.3 Å². The fraction of sp³-hybridized carbons (Fsp3) is 0.767. The third kappa shape index (κ3) is 16.4. The lowest BCUT2D eigenvalue weighted by molar-refractivity contribution is -0.131. The SMILES string of the molecule is CC.CC.CCCCN1CCN(CCCCC(=O)N2CCNCC2)CC1.CCN=C(N)NC(=O)c1nc(Cl)c(NC)nc1N. The third-order valence-corrected chi connectivity index (χ3v) is 7.04. The number of aliphatic imine (C=N–C) groups is 1. The van der Waals surface area contributed by atoms with E-state index in [-0.39, 0.29) is 22.6 Å². The van der Waals surface area contributed by atoms with Crippen molar-refractivity contribution in [1.29, 1.82) is 0 Å². The smallest absolute Gasteiger partial charge is 0.280 e. The Morgan fingerprint density at radius 1 is 0.932 bits per heavy atom. The summed E-state index contributed by atoms with van der Waals surface area (Å²) in [6, 6.07) is 0. The number of nitrogen functional groups attached to an aromatic ring is 1. The number of hydrogen-bond acceptors (Lipinski definition) is 10. The number of halogens is 1. The summed E-state index contributed by atoms with van der Waals surface area (Å²) in [6.45, 7) is 23.5. The van der Waals surface area contributed by atoms with Crippen molar-refractivity contribution in [2.45, 2.75) is 73.6 Å². The minimum atomic E-state index is -0.612. The van der Waals surface area contributed by atoms with Gasteiger partial charge in [-0.3, -0.25) is 19.9 Å². The van der Waals surface area contributed by atoms with E-state index in [1.807, 2.05) is 32.6 Å². The number of nitrogens with two attached hydrogens (primary N) is 2. The van der Waals surface area contributed by atoms with Crippen LogP contribution >= 0.6 is 11.6 Å². The van der Waals surface area contributed by atoms with E-state index < -0.39 is 5.91 Å². The standard InChI is InChI=1S/C17H34N4O.C9H14ClN7O.2C2H6/c1-2-3-9-19-13-15-20(16-14-19)10-5-4-6-17(22)21-11-7-18-8-12-21;1-3-14-9(12)17-8(18)4-6(11)16-7(13-2)5(10)15-4;2*1-2/h18H,2-16H2,1H3;3H2,1-2H3,(H3,11,13,16)(H3,12,14,17,18);2*1-2H3. The van der Waals surface area contributed by atoms with Crippen molar-refractivity contribution in [2.24, 2.45) is 10.7 Å². The Balaban J connectivity index is 0.000000768. The van der Waals surface area contributed by atoms with Crippen LogP contribution in [0.3, 0.4) is 0 Å². The fourth-order valence-corrected chi connectivity index (χ4v) is 4.66. The summed E-state index contributed by atoms with van der Waals surface area (Å²) in [5.41, 5.74) is 10.9. The van der Waals surface area contributed by atoms with Crippen LogP contribution < -0.4 is 27.4 Å². The highest BCUT2D eigenvalue weighted by atomic mass is 35.5. The first kappa shape index (κ1) is 41.3. The van der Waals surface area contributed by atoms with E-state index in [9.17, 15) is 9.59 Å². The van der Waals surface area contributed by atoms with E-state index >= 15 is 0 Å². The first-order chi connectivity index (χ1) is 21.3. The van der Waals surface area contributed by atoms with E-state index in [2.05, 4.69) is 47.6 Å². The van der Waals surface area contributed by atoms with E-state index in [1.165, 1.54) is 45.6 Å². The van der Waals surface area contributed by atoms with Crippen LogP contribution in [0.15, 0.2) is 4.99 Å². The number of aromatic nitrogens is 2. The van der Waals surface area contributed by atoms with Crippen LogP contribution in [0.1, 0.15) is 84.1 Å². The highest BCUT2D eigenvalue weighted by Gasteiger charge is 2.18. The second-order valence-electron chi connectivity index (χ2n) is 9.79. The van der Waals surface area contributed by atoms with Crippen LogP contribution in [0.25, 0.3) is 0 Å². The average molecular weight is 642 g/mol. The maximum atomic E-state index is 12.1. The van der Waals surface area contributed by atoms with E-state index in [1.54, 1.807) is 14.0 Å². The summed E-state index contributed by atoms with van der Waals surface area (Å²) >= 11 is 5.81. The second kappa shape index (κ2) is 25.6. The van der Waals surface area contributed by atoms with Crippen molar-refractivity contribution >= 4 is 41.0 Å². The molecule has 2 aliphatic heterocycles. The van der Waals surface area contributed by atoms with Crippen LogP contribution in [0, 0.1) is 0 Å². The van der Waals surface area contributed by atoms with Gasteiger partial charge in [0.2, 0.25) is 5.91 Å². The van der Waals surface area contributed by atoms with Crippen molar-refractivity contribution in [2.75, 3.05) is 90.1 Å². The number of nitrogens with zero attached hydrogens (tertiary/aromatic N) is 6. The van der Waals surface area contributed by atoms with Crippen LogP contribution in [0.2, 0.25) is 5.15 Å². The molecule has 0 radical (unpaired) electrons. The Hall–Kier alpha value is -2.74. The molecule has 13 nitrogen and oxygen atoms in total. The third-order valence-electron chi connectivity index (χ3n) is 6.78. The molecule has 0 aromatic carbocycles. The molecular formula is C30H60ClN11O2. The summed E-state index contributed by atoms with van der Waals surface area (Å²) in [4.78, 5) is 42.6. The lowest BCUT2D eigenvalue weighted by Crippen LogP contribution is -2.47. The molecule has 1 aromatic heterocycles. The predicted octanol–water partition coefficient (Wildman–Crippen LogP) is 2.88. The number of guanidine groups is 1. The lowest BCUT2D eigenvalue weighted by atomic mass is 10.2. The fourth-order valence-electron chi connectivity index (χ4n) is 4.44. The van der Waals surface area contributed by atoms with Gasteiger partial charge in [-0.05, 0) is 39.3 Å². The Kier molecular flexibility index (Phi) is 24.0. The van der Waals surface area contributed by atoms with Gasteiger partial charge in [-0.1, -0.05) is 52.6 Å². The van der Waals surface area contributed by atoms with E-state index in [0.717, 1.165) is 52.0 Å². The lowest BCUT2D eigenvalue weighted by Gasteiger charge is -2.34. The van der Waals surface area contributed by atoms with Gasteiger partial charge < -0.3 is 36.8 Å². The Labute approximate surface area is 270 Å². The zero-order chi connectivity index (χ0) is 33.3. The monoisotopic (exact) mass is 641 g/mol. The molecule has 2 fully saturated rings. The second-order valence-corrected chi connectivity index (χ2v) is 10.1. The maximum absolute atomic E-state index is 12.1. The van der Waals surface area contributed by atoms with Gasteiger partial charge in [-0.2, -0.15) is 0 Å². The first-order valence-corrected chi connectivity index (χ1v) is 16.7. The highest BCUT2D eigenvalue weighted by Crippen LogP contribution is 2.19. The highest BCUT2D eigenvalue weighted by molar-refractivity contribution is 6.32. The van der Waals surface area contributed by atoms with E-state index in [0.29, 0.717) is 18.3 Å². The predicted molar refractivity (Wildman–Crippen MR) is 184 cm³/mol. The molecule has 2 saturated heterocycles. The van der Waals surface area contributed by atoms with Gasteiger partial charge in [-0.15, -0.1) is 0 Å². The Morgan fingerprint density at radius 3 is 2.02 bits per heavy atom. The molecule has 0 saturated carbocycles. The normalized spacial score (nSPS) is 15.5. The van der Waals surface area contributed by atoms with Crippen molar-refractivity contribution in [3.8, 4) is 0 Å². The molecule has 254 valence electrons. The first-order valence-electron chi connectivity index (χ1n) is 16.3. The molecule has 1 aromatic rings. The summed E-state index contributed by atoms with van der Waals surface area (Å²) in [5.74, 6) is -0.0332. The molecule has 0 atom stereocenters. The number of carbonyl (C=O) groups is 2. The minimum absolute atomic E-state index is 0.0162. The van der Waals surface area contributed by atoms with Gasteiger partial charge in [-0.25, -0.2) is 9.97 Å². The quantitative estimate of drug-likeness (QED) is 0.137. The van der Waals surface area contributed by atoms with Crippen LogP contribution in [-0.2, 0) is 4.79 Å². The average Bonchev–Trinajstić information content (AvgIpc) is 3.06. The van der Waals surface area contributed by atoms with Crippen LogP contribution in [0.4, 0.5) is 11.6 Å². The number of rotatable bonds is 11. The Morgan fingerprint density at radius 2 is 1.50 bits per heavy atom. The summed E-state index contributed by atoms with van der Waals surface area (Å²) in [6.07, 6.45) is 5.55. The molecule has 0 unspecified atom stereocenters. The van der Waals surface area contributed by atoms with Gasteiger partial charge in [0.25, 0.3) is 5.91 Å². The molecule has 3 heterocycles. The molecule has 44 heavy (non-hydrogen) atoms. The zero-order valence-corrected chi connectivity index (χ0v) is 29.1. The minimum Gasteiger partial charge on any atom is -0.382 e. The largest absolute Gasteiger partial charge is 0.382 e. The summed E-state index contributed by atoms with van der Waals surface area (Å²) in [5, 5.41) is 8.36. The molecular weight excluding hydrogens is 582 g/mol. The molecule has 7 N–H and O–H groups in total. The van der Waals surface area contributed by atoms with E-state index in [4.69, 9.17) is 23.1 Å². The molecule has 3 rings (SSSR count). The van der Waals surface area contributed by atoms with Crippen molar-refractivity contribution < 1.29 is 9.59 Å². The van der Waals surface area contributed by atoms with Gasteiger partial charge in [0, 0.05) is 72.4 Å². The molecule has 0 spiro atoms. The Bertz CT molecular complexity index is 951. The van der Waals surface area contributed by atoms with Gasteiger partial charge in [0.1, 0.15) is 0 Å². The summed E-state index contributed by atoms with van der Waals surface area (Å²) < 4.78 is 0. The van der Waals surface area contributed by atoms with Gasteiger partial charge in [0.15, 0.2) is 28.4 Å². The molecule has 2 aliphatic rings. The number of anilines is 2. The zero-order valence-electron chi connectivity index (χ0n) is 28.3. The number of unbranched alkanes of at least 4 members (excludes halogenated alkanes) is 2. The van der Waals surface area contributed by atoms with Crippen molar-refractivity contribution in [3.63, 3.8) is 0 Å². The van der Waals surface area contributed by atoms with Gasteiger partial charge in [0.05, 0.1) is 0 Å². The molecule has 14 heteroatoms. The van der Waals surface area contributed by atoms with Crippen molar-refractivity contribution in [3.05, 3.63) is 10.8 Å². The number of nitrogens with one attached hydrogen (secondary N) is 3. The van der Waals surface area contributed by atoms with Crippen LogP contribution in [-0.4, -0.2) is 121 Å².